The van der Waals surface area contributed by atoms with Gasteiger partial charge < -0.3 is 4.74 Å². The molecular weight excluding hydrogens is 164 g/mol. The Morgan fingerprint density at radius 3 is 2.23 bits per heavy atom. The van der Waals surface area contributed by atoms with Gasteiger partial charge in [-0.3, -0.25) is 4.79 Å². The molecule has 0 aliphatic heterocycles. The Hall–Kier alpha value is -0.370. The third-order valence-corrected chi connectivity index (χ3v) is 1.91. The average Bonchev–Trinajstić information content (AvgIpc) is 2.02. The van der Waals surface area contributed by atoms with E-state index in [1.165, 1.54) is 0 Å². The average molecular weight is 186 g/mol. The van der Waals surface area contributed by atoms with Crippen molar-refractivity contribution in [2.45, 2.75) is 53.1 Å². The van der Waals surface area contributed by atoms with Crippen LogP contribution in [-0.4, -0.2) is 18.5 Å². The third kappa shape index (κ3) is 7.97. The van der Waals surface area contributed by atoms with Gasteiger partial charge in [-0.2, -0.15) is 0 Å². The summed E-state index contributed by atoms with van der Waals surface area (Å²) in [4.78, 5) is 11.2. The predicted octanol–water partition coefficient (Wildman–Crippen LogP) is 2.81. The number of hydrogen-bond acceptors (Lipinski definition) is 2. The lowest BCUT2D eigenvalue weighted by molar-refractivity contribution is -0.122. The normalized spacial score (nSPS) is 11.2. The summed E-state index contributed by atoms with van der Waals surface area (Å²) in [6.07, 6.45) is 2.97. The van der Waals surface area contributed by atoms with Gasteiger partial charge in [0.05, 0.1) is 6.10 Å². The van der Waals surface area contributed by atoms with E-state index >= 15 is 0 Å². The first-order valence-corrected chi connectivity index (χ1v) is 5.18. The van der Waals surface area contributed by atoms with Crippen molar-refractivity contribution in [2.24, 2.45) is 5.92 Å². The Morgan fingerprint density at radius 1 is 1.15 bits per heavy atom. The summed E-state index contributed by atoms with van der Waals surface area (Å²) in [5, 5.41) is 0. The van der Waals surface area contributed by atoms with Gasteiger partial charge in [-0.05, 0) is 26.7 Å². The molecule has 0 fully saturated rings. The van der Waals surface area contributed by atoms with E-state index in [1.54, 1.807) is 0 Å². The van der Waals surface area contributed by atoms with Gasteiger partial charge in [0.2, 0.25) is 0 Å². The fourth-order valence-electron chi connectivity index (χ4n) is 1.01. The van der Waals surface area contributed by atoms with Crippen LogP contribution in [0.2, 0.25) is 0 Å². The highest BCUT2D eigenvalue weighted by Gasteiger charge is 2.05. The molecule has 0 aliphatic rings. The van der Waals surface area contributed by atoms with Crippen LogP contribution in [0.5, 0.6) is 0 Å². The van der Waals surface area contributed by atoms with Crippen LogP contribution in [-0.2, 0) is 9.53 Å². The summed E-state index contributed by atoms with van der Waals surface area (Å²) in [5.74, 6) is 0.551. The molecule has 0 heterocycles. The Balaban J connectivity index is 3.21. The molecule has 0 saturated heterocycles. The van der Waals surface area contributed by atoms with E-state index in [0.29, 0.717) is 18.3 Å². The van der Waals surface area contributed by atoms with Crippen LogP contribution in [0.3, 0.4) is 0 Å². The fourth-order valence-corrected chi connectivity index (χ4v) is 1.01. The smallest absolute Gasteiger partial charge is 0.135 e. The van der Waals surface area contributed by atoms with Gasteiger partial charge in [-0.25, -0.2) is 0 Å². The van der Waals surface area contributed by atoms with Crippen LogP contribution in [0.15, 0.2) is 0 Å². The fraction of sp³-hybridized carbons (Fsp3) is 0.909. The molecule has 0 aromatic carbocycles. The highest BCUT2D eigenvalue weighted by Crippen LogP contribution is 2.04. The first kappa shape index (κ1) is 12.6. The molecule has 13 heavy (non-hydrogen) atoms. The molecule has 0 aromatic rings. The summed E-state index contributed by atoms with van der Waals surface area (Å²) >= 11 is 0. The second-order valence-corrected chi connectivity index (χ2v) is 4.00. The molecule has 0 aromatic heterocycles. The lowest BCUT2D eigenvalue weighted by atomic mass is 10.0. The van der Waals surface area contributed by atoms with Gasteiger partial charge in [0.25, 0.3) is 0 Å². The summed E-state index contributed by atoms with van der Waals surface area (Å²) in [6.45, 7) is 8.74. The number of ether oxygens (including phenoxy) is 1. The standard InChI is InChI=1S/C11H22O2/c1-9(2)11(12)7-5-6-8-13-10(3)4/h9-10H,5-8H2,1-4H3. The van der Waals surface area contributed by atoms with Crippen molar-refractivity contribution in [2.75, 3.05) is 6.61 Å². The topological polar surface area (TPSA) is 26.3 Å². The van der Waals surface area contributed by atoms with E-state index in [-0.39, 0.29) is 5.92 Å². The van der Waals surface area contributed by atoms with Crippen molar-refractivity contribution in [3.05, 3.63) is 0 Å². The largest absolute Gasteiger partial charge is 0.379 e. The van der Waals surface area contributed by atoms with Crippen LogP contribution in [0.4, 0.5) is 0 Å². The molecule has 78 valence electrons. The minimum Gasteiger partial charge on any atom is -0.379 e. The molecule has 0 bridgehead atoms. The van der Waals surface area contributed by atoms with Crippen LogP contribution < -0.4 is 0 Å². The van der Waals surface area contributed by atoms with Crippen LogP contribution in [0, 0.1) is 5.92 Å². The van der Waals surface area contributed by atoms with E-state index < -0.39 is 0 Å². The Labute approximate surface area is 81.7 Å². The van der Waals surface area contributed by atoms with E-state index in [2.05, 4.69) is 0 Å². The van der Waals surface area contributed by atoms with Crippen molar-refractivity contribution in [1.82, 2.24) is 0 Å². The Morgan fingerprint density at radius 2 is 1.77 bits per heavy atom. The quantitative estimate of drug-likeness (QED) is 0.571. The lowest BCUT2D eigenvalue weighted by Gasteiger charge is -2.07. The number of ketones is 1. The van der Waals surface area contributed by atoms with Gasteiger partial charge in [0.1, 0.15) is 5.78 Å². The first-order chi connectivity index (χ1) is 6.04. The number of carbonyl (C=O) groups excluding carboxylic acids is 1. The molecule has 0 atom stereocenters. The highest BCUT2D eigenvalue weighted by molar-refractivity contribution is 5.80. The maximum Gasteiger partial charge on any atom is 0.135 e. The molecule has 0 rings (SSSR count). The Kier molecular flexibility index (Phi) is 6.87. The van der Waals surface area contributed by atoms with Crippen LogP contribution in [0.25, 0.3) is 0 Å². The lowest BCUT2D eigenvalue weighted by Crippen LogP contribution is -2.08. The predicted molar refractivity (Wildman–Crippen MR) is 54.8 cm³/mol. The summed E-state index contributed by atoms with van der Waals surface area (Å²) in [7, 11) is 0. The second-order valence-electron chi connectivity index (χ2n) is 4.00. The van der Waals surface area contributed by atoms with E-state index in [1.807, 2.05) is 27.7 Å². The molecular formula is C11H22O2. The zero-order valence-corrected chi connectivity index (χ0v) is 9.30. The monoisotopic (exact) mass is 186 g/mol. The molecule has 0 aliphatic carbocycles. The highest BCUT2D eigenvalue weighted by atomic mass is 16.5. The molecule has 0 amide bonds. The van der Waals surface area contributed by atoms with Crippen molar-refractivity contribution < 1.29 is 9.53 Å². The molecule has 0 spiro atoms. The maximum absolute atomic E-state index is 11.2. The number of hydrogen-bond donors (Lipinski definition) is 0. The zero-order valence-electron chi connectivity index (χ0n) is 9.30. The SMILES string of the molecule is CC(C)OCCCCC(=O)C(C)C. The van der Waals surface area contributed by atoms with Crippen molar-refractivity contribution in [3.8, 4) is 0 Å². The van der Waals surface area contributed by atoms with Crippen LogP contribution in [0.1, 0.15) is 47.0 Å². The molecule has 0 saturated carbocycles. The minimum atomic E-state index is 0.186. The van der Waals surface area contributed by atoms with Crippen molar-refractivity contribution in [1.29, 1.82) is 0 Å². The second kappa shape index (κ2) is 7.07. The van der Waals surface area contributed by atoms with E-state index in [9.17, 15) is 4.79 Å². The summed E-state index contributed by atoms with van der Waals surface area (Å²) in [6, 6.07) is 0. The molecule has 2 nitrogen and oxygen atoms in total. The third-order valence-electron chi connectivity index (χ3n) is 1.91. The number of carbonyl (C=O) groups is 1. The van der Waals surface area contributed by atoms with Gasteiger partial charge in [-0.15, -0.1) is 0 Å². The number of unbranched alkanes of at least 4 members (excludes halogenated alkanes) is 1. The van der Waals surface area contributed by atoms with E-state index in [0.717, 1.165) is 19.4 Å². The van der Waals surface area contributed by atoms with Gasteiger partial charge in [0, 0.05) is 18.9 Å². The molecule has 0 N–H and O–H groups in total. The van der Waals surface area contributed by atoms with Crippen molar-refractivity contribution >= 4 is 5.78 Å². The zero-order chi connectivity index (χ0) is 10.3. The van der Waals surface area contributed by atoms with Gasteiger partial charge in [0.15, 0.2) is 0 Å². The summed E-state index contributed by atoms with van der Waals surface area (Å²) in [5.41, 5.74) is 0. The number of rotatable bonds is 7. The van der Waals surface area contributed by atoms with Crippen molar-refractivity contribution in [3.63, 3.8) is 0 Å². The summed E-state index contributed by atoms with van der Waals surface area (Å²) < 4.78 is 5.37. The van der Waals surface area contributed by atoms with E-state index in [4.69, 9.17) is 4.74 Å². The van der Waals surface area contributed by atoms with Gasteiger partial charge >= 0.3 is 0 Å². The Bertz CT molecular complexity index is 139. The molecule has 0 radical (unpaired) electrons. The molecule has 2 heteroatoms. The van der Waals surface area contributed by atoms with Crippen LogP contribution >= 0.6 is 0 Å². The van der Waals surface area contributed by atoms with Gasteiger partial charge in [-0.1, -0.05) is 13.8 Å². The number of Topliss-reactive ketones (excluding diaryl/α,β-unsaturated/α-hetero) is 1. The molecule has 0 unspecified atom stereocenters. The first-order valence-electron chi connectivity index (χ1n) is 5.18. The minimum absolute atomic E-state index is 0.186. The maximum atomic E-state index is 11.2.